The minimum absolute atomic E-state index is 0.163. The molecule has 1 saturated heterocycles. The Morgan fingerprint density at radius 1 is 1.11 bits per heavy atom. The number of fused-ring (bicyclic) bond motifs is 4. The number of alkyl halides is 3. The number of aromatic amines is 1. The minimum Gasteiger partial charge on any atom is -0.497 e. The number of benzene rings is 2. The predicted molar refractivity (Wildman–Crippen MR) is 157 cm³/mol. The monoisotopic (exact) mass is 629 g/mol. The first-order valence-corrected chi connectivity index (χ1v) is 14.4. The summed E-state index contributed by atoms with van der Waals surface area (Å²) in [6, 6.07) is 17.8. The van der Waals surface area contributed by atoms with Gasteiger partial charge in [0.25, 0.3) is 5.91 Å². The molecule has 4 heterocycles. The van der Waals surface area contributed by atoms with E-state index < -0.39 is 12.1 Å². The molecular weight excluding hydrogens is 595 g/mol. The molecule has 0 aliphatic carbocycles. The quantitative estimate of drug-likeness (QED) is 0.251. The van der Waals surface area contributed by atoms with E-state index >= 15 is 0 Å². The zero-order chi connectivity index (χ0) is 32.0. The van der Waals surface area contributed by atoms with Gasteiger partial charge in [-0.05, 0) is 48.7 Å². The van der Waals surface area contributed by atoms with Gasteiger partial charge in [0.15, 0.2) is 0 Å². The van der Waals surface area contributed by atoms with Crippen molar-refractivity contribution in [2.75, 3.05) is 53.0 Å². The molecule has 11 nitrogen and oxygen atoms in total. The maximum Gasteiger partial charge on any atom is 0.490 e. The molecule has 3 N–H and O–H groups in total. The van der Waals surface area contributed by atoms with E-state index in [1.165, 1.54) is 22.8 Å². The van der Waals surface area contributed by atoms with Crippen molar-refractivity contribution in [3.63, 3.8) is 0 Å². The fourth-order valence-corrected chi connectivity index (χ4v) is 6.01. The maximum absolute atomic E-state index is 12.4. The Hall–Kier alpha value is -4.56. The number of amides is 1. The molecule has 0 bridgehead atoms. The molecule has 1 amide bonds. The molecule has 2 aromatic carbocycles. The van der Waals surface area contributed by atoms with Gasteiger partial charge in [-0.25, -0.2) is 4.79 Å². The fraction of sp³-hybridized carbons (Fsp3) is 0.387. The summed E-state index contributed by atoms with van der Waals surface area (Å²) in [6.07, 6.45) is -1.65. The van der Waals surface area contributed by atoms with E-state index in [1.807, 2.05) is 36.4 Å². The van der Waals surface area contributed by atoms with Crippen LogP contribution < -0.4 is 14.8 Å². The summed E-state index contributed by atoms with van der Waals surface area (Å²) in [4.78, 5) is 30.1. The van der Waals surface area contributed by atoms with Crippen molar-refractivity contribution in [2.24, 2.45) is 0 Å². The second kappa shape index (κ2) is 13.6. The number of H-pyrrole nitrogens is 1. The molecule has 240 valence electrons. The Bertz CT molecular complexity index is 1590. The Morgan fingerprint density at radius 2 is 1.89 bits per heavy atom. The van der Waals surface area contributed by atoms with Crippen LogP contribution in [-0.2, 0) is 16.8 Å². The molecule has 14 heteroatoms. The maximum atomic E-state index is 12.4. The SMILES string of the molecule is COc1ccc2[nH]c3c(c2c1)CCN(CCNC(=O)c1ccno1)C31CCN(CCOc2ccccc2)C1.O=C(O)C(F)(F)F. The molecule has 1 spiro atoms. The number of rotatable bonds is 9. The summed E-state index contributed by atoms with van der Waals surface area (Å²) in [5.41, 5.74) is 3.65. The first kappa shape index (κ1) is 31.9. The van der Waals surface area contributed by atoms with Crippen LogP contribution in [0.3, 0.4) is 0 Å². The number of aliphatic carboxylic acids is 1. The summed E-state index contributed by atoms with van der Waals surface area (Å²) >= 11 is 0. The number of aromatic nitrogens is 2. The fourth-order valence-electron chi connectivity index (χ4n) is 6.01. The number of carbonyl (C=O) groups excluding carboxylic acids is 1. The predicted octanol–water partition coefficient (Wildman–Crippen LogP) is 4.07. The van der Waals surface area contributed by atoms with Gasteiger partial charge in [0.2, 0.25) is 5.76 Å². The molecular formula is C31H34F3N5O6. The standard InChI is InChI=1S/C29H33N5O4.C2HF3O2/c1-36-22-7-8-25-24(19-22)23-10-14-34(16-13-30-28(35)26-9-12-31-38-26)29(27(23)32-25)11-15-33(20-29)17-18-37-21-5-3-2-4-6-21;3-2(4,5)1(6)7/h2-9,12,19,32H,10-11,13-18,20H2,1H3,(H,30,35);(H,6,7). The lowest BCUT2D eigenvalue weighted by atomic mass is 9.84. The average Bonchev–Trinajstić information content (AvgIpc) is 3.79. The number of carboxylic acids is 1. The summed E-state index contributed by atoms with van der Waals surface area (Å²) in [5.74, 6) is -0.992. The summed E-state index contributed by atoms with van der Waals surface area (Å²) < 4.78 is 48.3. The van der Waals surface area contributed by atoms with Crippen LogP contribution in [0, 0.1) is 0 Å². The van der Waals surface area contributed by atoms with Gasteiger partial charge in [0, 0.05) is 61.9 Å². The lowest BCUT2D eigenvalue weighted by molar-refractivity contribution is -0.192. The topological polar surface area (TPSA) is 133 Å². The summed E-state index contributed by atoms with van der Waals surface area (Å²) in [7, 11) is 1.71. The molecule has 2 aliphatic rings. The first-order chi connectivity index (χ1) is 21.6. The van der Waals surface area contributed by atoms with Crippen LogP contribution in [-0.4, -0.2) is 96.1 Å². The second-order valence-electron chi connectivity index (χ2n) is 10.8. The number of methoxy groups -OCH3 is 1. The van der Waals surface area contributed by atoms with Gasteiger partial charge >= 0.3 is 12.1 Å². The highest BCUT2D eigenvalue weighted by Crippen LogP contribution is 2.45. The Kier molecular flexibility index (Phi) is 9.63. The van der Waals surface area contributed by atoms with Gasteiger partial charge in [0.05, 0.1) is 18.8 Å². The molecule has 0 saturated carbocycles. The highest BCUT2D eigenvalue weighted by molar-refractivity contribution is 5.91. The van der Waals surface area contributed by atoms with Crippen molar-refractivity contribution in [1.82, 2.24) is 25.3 Å². The average molecular weight is 630 g/mol. The van der Waals surface area contributed by atoms with Crippen LogP contribution in [0.25, 0.3) is 10.9 Å². The van der Waals surface area contributed by atoms with E-state index in [4.69, 9.17) is 23.9 Å². The third kappa shape index (κ3) is 7.23. The van der Waals surface area contributed by atoms with E-state index in [2.05, 4.69) is 37.4 Å². The number of hydrogen-bond acceptors (Lipinski definition) is 8. The van der Waals surface area contributed by atoms with Crippen molar-refractivity contribution in [1.29, 1.82) is 0 Å². The van der Waals surface area contributed by atoms with Gasteiger partial charge in [-0.1, -0.05) is 23.4 Å². The number of carboxylic acid groups (broad SMARTS) is 1. The van der Waals surface area contributed by atoms with Crippen LogP contribution in [0.4, 0.5) is 13.2 Å². The van der Waals surface area contributed by atoms with Gasteiger partial charge in [-0.3, -0.25) is 14.6 Å². The van der Waals surface area contributed by atoms with Gasteiger partial charge in [0.1, 0.15) is 18.1 Å². The normalized spacial score (nSPS) is 18.3. The zero-order valence-corrected chi connectivity index (χ0v) is 24.6. The number of likely N-dealkylation sites (tertiary alicyclic amines) is 1. The summed E-state index contributed by atoms with van der Waals surface area (Å²) in [6.45, 7) is 5.58. The smallest absolute Gasteiger partial charge is 0.490 e. The Morgan fingerprint density at radius 3 is 2.58 bits per heavy atom. The molecule has 0 radical (unpaired) electrons. The van der Waals surface area contributed by atoms with E-state index in [1.54, 1.807) is 13.2 Å². The third-order valence-electron chi connectivity index (χ3n) is 8.13. The minimum atomic E-state index is -5.08. The molecule has 1 unspecified atom stereocenters. The Balaban J connectivity index is 0.000000515. The second-order valence-corrected chi connectivity index (χ2v) is 10.8. The van der Waals surface area contributed by atoms with Crippen LogP contribution in [0.1, 0.15) is 28.2 Å². The highest BCUT2D eigenvalue weighted by Gasteiger charge is 2.48. The molecule has 6 rings (SSSR count). The first-order valence-electron chi connectivity index (χ1n) is 14.4. The van der Waals surface area contributed by atoms with Crippen molar-refractivity contribution in [3.05, 3.63) is 77.8 Å². The molecule has 1 fully saturated rings. The molecule has 45 heavy (non-hydrogen) atoms. The third-order valence-corrected chi connectivity index (χ3v) is 8.13. The molecule has 4 aromatic rings. The number of hydrogen-bond donors (Lipinski definition) is 3. The number of carbonyl (C=O) groups is 2. The summed E-state index contributed by atoms with van der Waals surface area (Å²) in [5, 5.41) is 15.0. The Labute approximate surface area is 256 Å². The number of halogens is 3. The molecule has 2 aliphatic heterocycles. The van der Waals surface area contributed by atoms with Gasteiger partial charge < -0.3 is 29.4 Å². The van der Waals surface area contributed by atoms with Crippen LogP contribution in [0.15, 0.2) is 65.3 Å². The molecule has 1 atom stereocenters. The lowest BCUT2D eigenvalue weighted by Crippen LogP contribution is -2.54. The van der Waals surface area contributed by atoms with E-state index in [0.29, 0.717) is 13.2 Å². The number of nitrogens with one attached hydrogen (secondary N) is 2. The number of nitrogens with zero attached hydrogens (tertiary/aromatic N) is 3. The van der Waals surface area contributed by atoms with E-state index in [9.17, 15) is 18.0 Å². The lowest BCUT2D eigenvalue weighted by Gasteiger charge is -2.45. The van der Waals surface area contributed by atoms with Gasteiger partial charge in [-0.2, -0.15) is 13.2 Å². The van der Waals surface area contributed by atoms with Crippen molar-refractivity contribution in [3.8, 4) is 11.5 Å². The molecule has 2 aromatic heterocycles. The van der Waals surface area contributed by atoms with Crippen LogP contribution in [0.2, 0.25) is 0 Å². The van der Waals surface area contributed by atoms with Crippen LogP contribution >= 0.6 is 0 Å². The largest absolute Gasteiger partial charge is 0.497 e. The van der Waals surface area contributed by atoms with Crippen molar-refractivity contribution < 1.29 is 41.9 Å². The zero-order valence-electron chi connectivity index (χ0n) is 24.6. The van der Waals surface area contributed by atoms with E-state index in [-0.39, 0.29) is 17.2 Å². The van der Waals surface area contributed by atoms with Gasteiger partial charge in [-0.15, -0.1) is 0 Å². The number of para-hydroxylation sites is 1. The van der Waals surface area contributed by atoms with E-state index in [0.717, 1.165) is 62.6 Å². The van der Waals surface area contributed by atoms with Crippen molar-refractivity contribution in [2.45, 2.75) is 24.6 Å². The van der Waals surface area contributed by atoms with Crippen LogP contribution in [0.5, 0.6) is 11.5 Å². The number of ether oxygens (including phenoxy) is 2. The highest BCUT2D eigenvalue weighted by atomic mass is 19.4. The van der Waals surface area contributed by atoms with Crippen molar-refractivity contribution >= 4 is 22.8 Å².